The summed E-state index contributed by atoms with van der Waals surface area (Å²) < 4.78 is 14.3. The number of hydrogen-bond acceptors (Lipinski definition) is 3. The molecular formula is C22H28FN3O. The molecule has 0 heterocycles. The number of allylic oxidation sites excluding steroid dienone is 2. The highest BCUT2D eigenvalue weighted by Gasteiger charge is 2.32. The van der Waals surface area contributed by atoms with E-state index in [0.29, 0.717) is 17.0 Å². The van der Waals surface area contributed by atoms with Crippen molar-refractivity contribution in [1.29, 1.82) is 0 Å². The van der Waals surface area contributed by atoms with Gasteiger partial charge in [0.1, 0.15) is 5.82 Å². The van der Waals surface area contributed by atoms with E-state index in [1.807, 2.05) is 26.8 Å². The predicted octanol–water partition coefficient (Wildman–Crippen LogP) is 4.02. The molecule has 1 aromatic carbocycles. The van der Waals surface area contributed by atoms with E-state index in [1.165, 1.54) is 11.0 Å². The van der Waals surface area contributed by atoms with Crippen LogP contribution in [0.5, 0.6) is 0 Å². The van der Waals surface area contributed by atoms with E-state index in [-0.39, 0.29) is 24.1 Å². The molecule has 144 valence electrons. The molecule has 0 radical (unpaired) electrons. The lowest BCUT2D eigenvalue weighted by Gasteiger charge is -2.38. The van der Waals surface area contributed by atoms with Crippen LogP contribution in [0.4, 0.5) is 10.1 Å². The SMILES string of the molecule is C#Cc1ccc(NC(=C)C(C(C)/C(C)=C/C)N(C(=C)C)C(=O)CN)c(F)c1. The van der Waals surface area contributed by atoms with E-state index < -0.39 is 11.9 Å². The summed E-state index contributed by atoms with van der Waals surface area (Å²) in [5.74, 6) is 1.53. The number of nitrogens with two attached hydrogens (primary N) is 1. The van der Waals surface area contributed by atoms with Crippen LogP contribution < -0.4 is 11.1 Å². The zero-order valence-electron chi connectivity index (χ0n) is 16.5. The largest absolute Gasteiger partial charge is 0.355 e. The van der Waals surface area contributed by atoms with Gasteiger partial charge in [-0.25, -0.2) is 4.39 Å². The number of anilines is 1. The van der Waals surface area contributed by atoms with E-state index in [2.05, 4.69) is 24.4 Å². The Bertz CT molecular complexity index is 804. The molecule has 0 bridgehead atoms. The third-order valence-corrected chi connectivity index (χ3v) is 4.57. The zero-order chi connectivity index (χ0) is 20.7. The van der Waals surface area contributed by atoms with Gasteiger partial charge in [0.25, 0.3) is 0 Å². The lowest BCUT2D eigenvalue weighted by Crippen LogP contribution is -2.47. The second-order valence-electron chi connectivity index (χ2n) is 6.46. The van der Waals surface area contributed by atoms with Crippen molar-refractivity contribution in [3.8, 4) is 12.3 Å². The van der Waals surface area contributed by atoms with Gasteiger partial charge in [-0.15, -0.1) is 6.42 Å². The number of terminal acetylenes is 1. The van der Waals surface area contributed by atoms with Crippen molar-refractivity contribution in [3.05, 3.63) is 65.8 Å². The summed E-state index contributed by atoms with van der Waals surface area (Å²) in [5.41, 5.74) is 8.32. The summed E-state index contributed by atoms with van der Waals surface area (Å²) in [7, 11) is 0. The fraction of sp³-hybridized carbons (Fsp3) is 0.318. The van der Waals surface area contributed by atoms with Crippen LogP contribution in [0.25, 0.3) is 0 Å². The fourth-order valence-electron chi connectivity index (χ4n) is 2.85. The number of carbonyl (C=O) groups excluding carboxylic acids is 1. The number of nitrogens with one attached hydrogen (secondary N) is 1. The monoisotopic (exact) mass is 369 g/mol. The van der Waals surface area contributed by atoms with Gasteiger partial charge in [0.05, 0.1) is 18.3 Å². The summed E-state index contributed by atoms with van der Waals surface area (Å²) in [4.78, 5) is 14.0. The molecule has 2 unspecified atom stereocenters. The molecule has 0 aliphatic carbocycles. The summed E-state index contributed by atoms with van der Waals surface area (Å²) in [5, 5.41) is 2.99. The van der Waals surface area contributed by atoms with Gasteiger partial charge in [-0.3, -0.25) is 4.79 Å². The topological polar surface area (TPSA) is 58.4 Å². The average Bonchev–Trinajstić information content (AvgIpc) is 2.65. The minimum Gasteiger partial charge on any atom is -0.355 e. The van der Waals surface area contributed by atoms with Crippen molar-refractivity contribution in [2.24, 2.45) is 11.7 Å². The molecule has 5 heteroatoms. The maximum Gasteiger partial charge on any atom is 0.241 e. The third-order valence-electron chi connectivity index (χ3n) is 4.57. The van der Waals surface area contributed by atoms with Crippen LogP contribution in [-0.2, 0) is 4.79 Å². The molecular weight excluding hydrogens is 341 g/mol. The molecule has 1 aromatic rings. The van der Waals surface area contributed by atoms with Crippen molar-refractivity contribution < 1.29 is 9.18 Å². The van der Waals surface area contributed by atoms with Crippen LogP contribution in [0, 0.1) is 24.1 Å². The molecule has 0 spiro atoms. The van der Waals surface area contributed by atoms with Gasteiger partial charge in [-0.2, -0.15) is 0 Å². The summed E-state index contributed by atoms with van der Waals surface area (Å²) in [6, 6.07) is 3.97. The molecule has 0 aromatic heterocycles. The molecule has 0 saturated carbocycles. The molecule has 27 heavy (non-hydrogen) atoms. The normalized spacial score (nSPS) is 13.3. The van der Waals surface area contributed by atoms with Crippen molar-refractivity contribution in [2.75, 3.05) is 11.9 Å². The number of rotatable bonds is 8. The fourth-order valence-corrected chi connectivity index (χ4v) is 2.85. The van der Waals surface area contributed by atoms with E-state index in [1.54, 1.807) is 19.1 Å². The molecule has 1 rings (SSSR count). The van der Waals surface area contributed by atoms with Crippen molar-refractivity contribution in [1.82, 2.24) is 4.90 Å². The Labute approximate surface area is 161 Å². The first-order valence-electron chi connectivity index (χ1n) is 8.70. The van der Waals surface area contributed by atoms with Gasteiger partial charge in [0.2, 0.25) is 5.91 Å². The maximum absolute atomic E-state index is 14.3. The van der Waals surface area contributed by atoms with Gasteiger partial charge in [0, 0.05) is 22.9 Å². The Hall–Kier alpha value is -2.84. The molecule has 0 aliphatic rings. The van der Waals surface area contributed by atoms with Crippen LogP contribution in [0.3, 0.4) is 0 Å². The van der Waals surface area contributed by atoms with Crippen LogP contribution in [0.15, 0.2) is 54.4 Å². The lowest BCUT2D eigenvalue weighted by molar-refractivity contribution is -0.129. The van der Waals surface area contributed by atoms with Gasteiger partial charge < -0.3 is 16.0 Å². The highest BCUT2D eigenvalue weighted by molar-refractivity contribution is 5.80. The summed E-state index contributed by atoms with van der Waals surface area (Å²) in [6.07, 6.45) is 7.27. The highest BCUT2D eigenvalue weighted by Crippen LogP contribution is 2.29. The van der Waals surface area contributed by atoms with Crippen molar-refractivity contribution in [2.45, 2.75) is 33.7 Å². The van der Waals surface area contributed by atoms with Crippen molar-refractivity contribution >= 4 is 11.6 Å². The Kier molecular flexibility index (Phi) is 8.01. The minimum absolute atomic E-state index is 0.0877. The Balaban J connectivity index is 3.33. The molecule has 0 aliphatic heterocycles. The highest BCUT2D eigenvalue weighted by atomic mass is 19.1. The molecule has 4 nitrogen and oxygen atoms in total. The minimum atomic E-state index is -0.493. The number of halogens is 1. The summed E-state index contributed by atoms with van der Waals surface area (Å²) >= 11 is 0. The lowest BCUT2D eigenvalue weighted by atomic mass is 9.90. The predicted molar refractivity (Wildman–Crippen MR) is 110 cm³/mol. The van der Waals surface area contributed by atoms with Crippen LogP contribution in [-0.4, -0.2) is 23.4 Å². The van der Waals surface area contributed by atoms with Gasteiger partial charge in [0.15, 0.2) is 0 Å². The van der Waals surface area contributed by atoms with E-state index in [4.69, 9.17) is 12.2 Å². The number of nitrogens with zero attached hydrogens (tertiary/aromatic N) is 1. The van der Waals surface area contributed by atoms with Gasteiger partial charge in [-0.1, -0.05) is 37.7 Å². The van der Waals surface area contributed by atoms with Gasteiger partial charge >= 0.3 is 0 Å². The van der Waals surface area contributed by atoms with Crippen LogP contribution >= 0.6 is 0 Å². The van der Waals surface area contributed by atoms with E-state index in [0.717, 1.165) is 5.57 Å². The van der Waals surface area contributed by atoms with E-state index in [9.17, 15) is 9.18 Å². The summed E-state index contributed by atoms with van der Waals surface area (Å²) in [6.45, 7) is 15.4. The number of benzene rings is 1. The molecule has 0 saturated heterocycles. The zero-order valence-corrected chi connectivity index (χ0v) is 16.5. The molecule has 0 fully saturated rings. The molecule has 2 atom stereocenters. The Morgan fingerprint density at radius 2 is 2.07 bits per heavy atom. The van der Waals surface area contributed by atoms with Crippen molar-refractivity contribution in [3.63, 3.8) is 0 Å². The number of hydrogen-bond donors (Lipinski definition) is 2. The molecule has 1 amide bonds. The number of carbonyl (C=O) groups is 1. The second kappa shape index (κ2) is 9.75. The first-order chi connectivity index (χ1) is 12.7. The quantitative estimate of drug-likeness (QED) is 0.537. The first-order valence-corrected chi connectivity index (χ1v) is 8.70. The third kappa shape index (κ3) is 5.32. The molecule has 3 N–H and O–H groups in total. The standard InChI is InChI=1S/C22H28FN3O/c1-8-15(5)16(6)22(26(14(3)4)21(27)13-24)17(7)25-20-11-10-18(9-2)12-19(20)23/h2,8,10-12,16,22,25H,3,7,13,24H2,1,4-6H3/b15-8+. The number of amides is 1. The smallest absolute Gasteiger partial charge is 0.241 e. The van der Waals surface area contributed by atoms with Crippen LogP contribution in [0.2, 0.25) is 0 Å². The second-order valence-corrected chi connectivity index (χ2v) is 6.46. The Morgan fingerprint density at radius 3 is 2.52 bits per heavy atom. The first kappa shape index (κ1) is 22.2. The Morgan fingerprint density at radius 1 is 1.44 bits per heavy atom. The van der Waals surface area contributed by atoms with E-state index >= 15 is 0 Å². The average molecular weight is 369 g/mol. The maximum atomic E-state index is 14.3. The van der Waals surface area contributed by atoms with Gasteiger partial charge in [-0.05, 0) is 39.0 Å². The van der Waals surface area contributed by atoms with Crippen LogP contribution in [0.1, 0.15) is 33.3 Å².